The van der Waals surface area contributed by atoms with E-state index in [0.717, 1.165) is 18.2 Å². The van der Waals surface area contributed by atoms with Gasteiger partial charge in [0.2, 0.25) is 0 Å². The molecule has 0 bridgehead atoms. The summed E-state index contributed by atoms with van der Waals surface area (Å²) in [7, 11) is 2.05. The van der Waals surface area contributed by atoms with E-state index in [0.29, 0.717) is 12.6 Å². The summed E-state index contributed by atoms with van der Waals surface area (Å²) in [5, 5.41) is 3.45. The van der Waals surface area contributed by atoms with E-state index < -0.39 is 0 Å². The molecule has 1 fully saturated rings. The SMILES string of the molecule is CN(CC(C)(C)CN)c1cc(NC2CCC2)ncn1. The van der Waals surface area contributed by atoms with Gasteiger partial charge in [0.1, 0.15) is 18.0 Å². The van der Waals surface area contributed by atoms with E-state index in [-0.39, 0.29) is 5.41 Å². The highest BCUT2D eigenvalue weighted by molar-refractivity contribution is 5.48. The van der Waals surface area contributed by atoms with Crippen molar-refractivity contribution >= 4 is 11.6 Å². The highest BCUT2D eigenvalue weighted by Crippen LogP contribution is 2.24. The Balaban J connectivity index is 2.00. The highest BCUT2D eigenvalue weighted by atomic mass is 15.2. The molecule has 1 heterocycles. The van der Waals surface area contributed by atoms with Gasteiger partial charge in [0.15, 0.2) is 0 Å². The van der Waals surface area contributed by atoms with Crippen LogP contribution in [-0.2, 0) is 0 Å². The number of nitrogens with one attached hydrogen (secondary N) is 1. The van der Waals surface area contributed by atoms with Gasteiger partial charge in [-0.25, -0.2) is 9.97 Å². The summed E-state index contributed by atoms with van der Waals surface area (Å²) in [6.07, 6.45) is 5.44. The maximum absolute atomic E-state index is 5.78. The average Bonchev–Trinajstić information content (AvgIpc) is 2.34. The van der Waals surface area contributed by atoms with Gasteiger partial charge in [0.25, 0.3) is 0 Å². The van der Waals surface area contributed by atoms with Crippen molar-refractivity contribution in [3.8, 4) is 0 Å². The van der Waals surface area contributed by atoms with E-state index in [2.05, 4.69) is 34.0 Å². The number of anilines is 2. The Labute approximate surface area is 115 Å². The number of nitrogens with zero attached hydrogens (tertiary/aromatic N) is 3. The summed E-state index contributed by atoms with van der Waals surface area (Å²) in [5.41, 5.74) is 5.87. The smallest absolute Gasteiger partial charge is 0.133 e. The molecule has 0 radical (unpaired) electrons. The summed E-state index contributed by atoms with van der Waals surface area (Å²) >= 11 is 0. The molecule has 0 atom stereocenters. The molecule has 0 amide bonds. The quantitative estimate of drug-likeness (QED) is 0.820. The minimum Gasteiger partial charge on any atom is -0.367 e. The van der Waals surface area contributed by atoms with Crippen molar-refractivity contribution in [2.24, 2.45) is 11.1 Å². The third-order valence-electron chi connectivity index (χ3n) is 3.72. The molecule has 1 aromatic heterocycles. The topological polar surface area (TPSA) is 67.1 Å². The molecular formula is C14H25N5. The van der Waals surface area contributed by atoms with Gasteiger partial charge >= 0.3 is 0 Å². The zero-order valence-corrected chi connectivity index (χ0v) is 12.2. The number of hydrogen-bond acceptors (Lipinski definition) is 5. The Bertz CT molecular complexity index is 414. The summed E-state index contributed by atoms with van der Waals surface area (Å²) < 4.78 is 0. The monoisotopic (exact) mass is 263 g/mol. The molecule has 1 aromatic rings. The normalized spacial score (nSPS) is 16.0. The molecule has 106 valence electrons. The zero-order valence-electron chi connectivity index (χ0n) is 12.2. The molecule has 0 aliphatic heterocycles. The van der Waals surface area contributed by atoms with Crippen LogP contribution in [0.4, 0.5) is 11.6 Å². The van der Waals surface area contributed by atoms with E-state index >= 15 is 0 Å². The van der Waals surface area contributed by atoms with Crippen molar-refractivity contribution < 1.29 is 0 Å². The third-order valence-corrected chi connectivity index (χ3v) is 3.72. The standard InChI is InChI=1S/C14H25N5/c1-14(2,8-15)9-19(3)13-7-12(16-10-17-13)18-11-5-4-6-11/h7,10-11H,4-6,8-9,15H2,1-3H3,(H,16,17,18). The van der Waals surface area contributed by atoms with Crippen molar-refractivity contribution in [1.29, 1.82) is 0 Å². The molecule has 5 heteroatoms. The van der Waals surface area contributed by atoms with Gasteiger partial charge in [-0.15, -0.1) is 0 Å². The van der Waals surface area contributed by atoms with Crippen LogP contribution in [0.3, 0.4) is 0 Å². The van der Waals surface area contributed by atoms with Gasteiger partial charge in [0, 0.05) is 25.7 Å². The van der Waals surface area contributed by atoms with Crippen LogP contribution >= 0.6 is 0 Å². The highest BCUT2D eigenvalue weighted by Gasteiger charge is 2.20. The van der Waals surface area contributed by atoms with Crippen LogP contribution in [0.15, 0.2) is 12.4 Å². The van der Waals surface area contributed by atoms with E-state index in [1.54, 1.807) is 6.33 Å². The maximum Gasteiger partial charge on any atom is 0.133 e. The summed E-state index contributed by atoms with van der Waals surface area (Å²) in [5.74, 6) is 1.87. The Morgan fingerprint density at radius 3 is 2.74 bits per heavy atom. The first-order chi connectivity index (χ1) is 9.00. The number of aromatic nitrogens is 2. The lowest BCUT2D eigenvalue weighted by Crippen LogP contribution is -2.37. The van der Waals surface area contributed by atoms with Crippen LogP contribution in [0.2, 0.25) is 0 Å². The molecule has 3 N–H and O–H groups in total. The lowest BCUT2D eigenvalue weighted by atomic mass is 9.93. The largest absolute Gasteiger partial charge is 0.367 e. The van der Waals surface area contributed by atoms with Crippen LogP contribution in [0.25, 0.3) is 0 Å². The number of nitrogens with two attached hydrogens (primary N) is 1. The van der Waals surface area contributed by atoms with Crippen molar-refractivity contribution in [2.45, 2.75) is 39.2 Å². The van der Waals surface area contributed by atoms with Gasteiger partial charge < -0.3 is 16.0 Å². The fourth-order valence-corrected chi connectivity index (χ4v) is 2.18. The number of hydrogen-bond donors (Lipinski definition) is 2. The Morgan fingerprint density at radius 1 is 1.42 bits per heavy atom. The Hall–Kier alpha value is -1.36. The molecule has 5 nitrogen and oxygen atoms in total. The average molecular weight is 263 g/mol. The minimum atomic E-state index is 0.0846. The summed E-state index contributed by atoms with van der Waals surface area (Å²) in [6.45, 7) is 5.87. The van der Waals surface area contributed by atoms with Crippen LogP contribution in [0.5, 0.6) is 0 Å². The van der Waals surface area contributed by atoms with Crippen LogP contribution < -0.4 is 16.0 Å². The molecule has 19 heavy (non-hydrogen) atoms. The van der Waals surface area contributed by atoms with Crippen molar-refractivity contribution in [2.75, 3.05) is 30.4 Å². The number of rotatable bonds is 6. The molecule has 2 rings (SSSR count). The molecule has 0 saturated heterocycles. The van der Waals surface area contributed by atoms with Crippen molar-refractivity contribution in [1.82, 2.24) is 9.97 Å². The van der Waals surface area contributed by atoms with Crippen LogP contribution in [0.1, 0.15) is 33.1 Å². The first-order valence-electron chi connectivity index (χ1n) is 7.00. The third kappa shape index (κ3) is 3.80. The van der Waals surface area contributed by atoms with E-state index in [4.69, 9.17) is 5.73 Å². The molecule has 1 aliphatic carbocycles. The van der Waals surface area contributed by atoms with Crippen molar-refractivity contribution in [3.63, 3.8) is 0 Å². The Morgan fingerprint density at radius 2 is 2.16 bits per heavy atom. The molecule has 1 aliphatic rings. The lowest BCUT2D eigenvalue weighted by Gasteiger charge is -2.30. The maximum atomic E-state index is 5.78. The fraction of sp³-hybridized carbons (Fsp3) is 0.714. The van der Waals surface area contributed by atoms with E-state index in [1.165, 1.54) is 19.3 Å². The summed E-state index contributed by atoms with van der Waals surface area (Å²) in [4.78, 5) is 10.8. The molecule has 0 aromatic carbocycles. The second-order valence-electron chi connectivity index (χ2n) is 6.26. The van der Waals surface area contributed by atoms with Gasteiger partial charge in [-0.2, -0.15) is 0 Å². The molecule has 0 spiro atoms. The lowest BCUT2D eigenvalue weighted by molar-refractivity contribution is 0.384. The van der Waals surface area contributed by atoms with Gasteiger partial charge in [-0.3, -0.25) is 0 Å². The van der Waals surface area contributed by atoms with Crippen LogP contribution in [-0.4, -0.2) is 36.1 Å². The van der Waals surface area contributed by atoms with Gasteiger partial charge in [-0.05, 0) is 31.2 Å². The van der Waals surface area contributed by atoms with E-state index in [9.17, 15) is 0 Å². The first kappa shape index (κ1) is 14.1. The molecule has 0 unspecified atom stereocenters. The second kappa shape index (κ2) is 5.74. The minimum absolute atomic E-state index is 0.0846. The van der Waals surface area contributed by atoms with E-state index in [1.807, 2.05) is 13.1 Å². The second-order valence-corrected chi connectivity index (χ2v) is 6.26. The zero-order chi connectivity index (χ0) is 13.9. The first-order valence-corrected chi connectivity index (χ1v) is 7.00. The van der Waals surface area contributed by atoms with Crippen LogP contribution in [0, 0.1) is 5.41 Å². The summed E-state index contributed by atoms with van der Waals surface area (Å²) in [6, 6.07) is 2.61. The predicted molar refractivity (Wildman–Crippen MR) is 79.4 cm³/mol. The Kier molecular flexibility index (Phi) is 4.24. The predicted octanol–water partition coefficient (Wildman–Crippen LogP) is 1.86. The molecule has 1 saturated carbocycles. The van der Waals surface area contributed by atoms with Gasteiger partial charge in [-0.1, -0.05) is 13.8 Å². The molecular weight excluding hydrogens is 238 g/mol. The van der Waals surface area contributed by atoms with Gasteiger partial charge in [0.05, 0.1) is 0 Å². The fourth-order valence-electron chi connectivity index (χ4n) is 2.18. The van der Waals surface area contributed by atoms with Crippen molar-refractivity contribution in [3.05, 3.63) is 12.4 Å².